The highest BCUT2D eigenvalue weighted by atomic mass is 16.5. The Hall–Kier alpha value is -0.940. The summed E-state index contributed by atoms with van der Waals surface area (Å²) in [5, 5.41) is 14.0. The molecule has 1 aromatic rings. The van der Waals surface area contributed by atoms with Crippen molar-refractivity contribution in [3.63, 3.8) is 0 Å². The minimum Gasteiger partial charge on any atom is -0.393 e. The van der Waals surface area contributed by atoms with Crippen LogP contribution in [-0.4, -0.2) is 38.8 Å². The molecule has 1 N–H and O–H groups in total. The lowest BCUT2D eigenvalue weighted by Gasteiger charge is -2.39. The Bertz CT molecular complexity index is 368. The Morgan fingerprint density at radius 1 is 1.28 bits per heavy atom. The van der Waals surface area contributed by atoms with Crippen molar-refractivity contribution in [3.05, 3.63) is 12.2 Å². The first-order valence-electron chi connectivity index (χ1n) is 7.02. The van der Waals surface area contributed by atoms with Crippen molar-refractivity contribution in [2.45, 2.75) is 57.2 Å². The number of likely N-dealkylation sites (tertiary alicyclic amines) is 1. The molecule has 0 bridgehead atoms. The van der Waals surface area contributed by atoms with E-state index >= 15 is 0 Å². The average Bonchev–Trinajstić information content (AvgIpc) is 3.02. The summed E-state index contributed by atoms with van der Waals surface area (Å²) in [6, 6.07) is 0.495. The molecule has 3 rings (SSSR count). The highest BCUT2D eigenvalue weighted by Gasteiger charge is 2.37. The maximum atomic E-state index is 10.1. The molecule has 2 heterocycles. The Morgan fingerprint density at radius 3 is 2.94 bits per heavy atom. The normalized spacial score (nSPS) is 33.9. The van der Waals surface area contributed by atoms with E-state index in [1.165, 1.54) is 32.1 Å². The van der Waals surface area contributed by atoms with Crippen molar-refractivity contribution in [1.29, 1.82) is 0 Å². The highest BCUT2D eigenvalue weighted by molar-refractivity contribution is 4.92. The summed E-state index contributed by atoms with van der Waals surface area (Å²) < 4.78 is 4.80. The van der Waals surface area contributed by atoms with Gasteiger partial charge in [-0.15, -0.1) is 0 Å². The van der Waals surface area contributed by atoms with Gasteiger partial charge in [0.25, 0.3) is 0 Å². The van der Waals surface area contributed by atoms with Crippen LogP contribution in [0.3, 0.4) is 0 Å². The zero-order chi connectivity index (χ0) is 12.4. The Morgan fingerprint density at radius 2 is 2.22 bits per heavy atom. The molecule has 5 nitrogen and oxygen atoms in total. The fourth-order valence-corrected chi connectivity index (χ4v) is 3.56. The number of aliphatic hydroxyl groups excluding tert-OH is 1. The largest absolute Gasteiger partial charge is 0.393 e. The fourth-order valence-electron chi connectivity index (χ4n) is 3.56. The molecule has 100 valence electrons. The number of hydrogen-bond donors (Lipinski definition) is 1. The first-order valence-corrected chi connectivity index (χ1v) is 7.02. The topological polar surface area (TPSA) is 62.4 Å². The predicted octanol–water partition coefficient (Wildman–Crippen LogP) is 1.59. The first-order chi connectivity index (χ1) is 8.84. The highest BCUT2D eigenvalue weighted by Crippen LogP contribution is 2.35. The van der Waals surface area contributed by atoms with E-state index in [0.717, 1.165) is 31.8 Å². The molecule has 2 fully saturated rings. The summed E-state index contributed by atoms with van der Waals surface area (Å²) in [5.41, 5.74) is 0. The van der Waals surface area contributed by atoms with E-state index in [0.29, 0.717) is 12.0 Å². The number of rotatable bonds is 3. The molecule has 3 unspecified atom stereocenters. The van der Waals surface area contributed by atoms with Crippen molar-refractivity contribution < 1.29 is 9.63 Å². The van der Waals surface area contributed by atoms with Crippen LogP contribution in [0.5, 0.6) is 0 Å². The van der Waals surface area contributed by atoms with Gasteiger partial charge in [-0.25, -0.2) is 0 Å². The second-order valence-electron chi connectivity index (χ2n) is 5.54. The van der Waals surface area contributed by atoms with Crippen molar-refractivity contribution in [2.75, 3.05) is 6.54 Å². The van der Waals surface area contributed by atoms with Gasteiger partial charge in [0.1, 0.15) is 0 Å². The average molecular weight is 251 g/mol. The van der Waals surface area contributed by atoms with Crippen LogP contribution in [0, 0.1) is 5.92 Å². The maximum Gasteiger partial charge on any atom is 0.213 e. The van der Waals surface area contributed by atoms with E-state index in [1.807, 2.05) is 0 Å². The second-order valence-corrected chi connectivity index (χ2v) is 5.54. The molecule has 0 spiro atoms. The molecule has 1 aromatic heterocycles. The minimum atomic E-state index is -0.110. The maximum absolute atomic E-state index is 10.1. The third-order valence-electron chi connectivity index (χ3n) is 4.44. The van der Waals surface area contributed by atoms with Crippen LogP contribution in [0.4, 0.5) is 0 Å². The molecule has 18 heavy (non-hydrogen) atoms. The van der Waals surface area contributed by atoms with Crippen LogP contribution < -0.4 is 0 Å². The zero-order valence-electron chi connectivity index (χ0n) is 10.7. The van der Waals surface area contributed by atoms with Gasteiger partial charge >= 0.3 is 0 Å². The lowest BCUT2D eigenvalue weighted by molar-refractivity contribution is 0.0297. The molecule has 0 radical (unpaired) electrons. The van der Waals surface area contributed by atoms with E-state index < -0.39 is 0 Å². The summed E-state index contributed by atoms with van der Waals surface area (Å²) in [4.78, 5) is 6.55. The van der Waals surface area contributed by atoms with E-state index in [-0.39, 0.29) is 6.10 Å². The standard InChI is InChI=1S/C13H21N3O2/c17-12-6-3-4-10(12)11-5-1-2-7-16(11)8-13-14-9-18-15-13/h9-12,17H,1-8H2. The summed E-state index contributed by atoms with van der Waals surface area (Å²) in [7, 11) is 0. The van der Waals surface area contributed by atoms with Crippen molar-refractivity contribution in [3.8, 4) is 0 Å². The van der Waals surface area contributed by atoms with Crippen LogP contribution >= 0.6 is 0 Å². The van der Waals surface area contributed by atoms with Crippen molar-refractivity contribution in [1.82, 2.24) is 15.0 Å². The van der Waals surface area contributed by atoms with Gasteiger partial charge in [-0.1, -0.05) is 18.0 Å². The van der Waals surface area contributed by atoms with E-state index in [4.69, 9.17) is 4.52 Å². The van der Waals surface area contributed by atoms with Gasteiger partial charge in [-0.05, 0) is 32.2 Å². The van der Waals surface area contributed by atoms with Gasteiger partial charge in [-0.2, -0.15) is 4.98 Å². The molecule has 1 aliphatic heterocycles. The number of hydrogen-bond acceptors (Lipinski definition) is 5. The molecule has 3 atom stereocenters. The van der Waals surface area contributed by atoms with Gasteiger partial charge in [-0.3, -0.25) is 4.90 Å². The van der Waals surface area contributed by atoms with Crippen LogP contribution in [-0.2, 0) is 6.54 Å². The van der Waals surface area contributed by atoms with Crippen molar-refractivity contribution >= 4 is 0 Å². The minimum absolute atomic E-state index is 0.110. The summed E-state index contributed by atoms with van der Waals surface area (Å²) >= 11 is 0. The Balaban J connectivity index is 1.69. The van der Waals surface area contributed by atoms with Gasteiger partial charge in [0.15, 0.2) is 5.82 Å². The smallest absolute Gasteiger partial charge is 0.213 e. The van der Waals surface area contributed by atoms with Gasteiger partial charge in [0, 0.05) is 12.0 Å². The predicted molar refractivity (Wildman–Crippen MR) is 65.7 cm³/mol. The molecule has 0 amide bonds. The van der Waals surface area contributed by atoms with Crippen LogP contribution in [0.25, 0.3) is 0 Å². The third-order valence-corrected chi connectivity index (χ3v) is 4.44. The van der Waals surface area contributed by atoms with Crippen LogP contribution in [0.2, 0.25) is 0 Å². The lowest BCUT2D eigenvalue weighted by atomic mass is 9.88. The molecule has 1 saturated carbocycles. The second kappa shape index (κ2) is 5.36. The number of aromatic nitrogens is 2. The summed E-state index contributed by atoms with van der Waals surface area (Å²) in [5.74, 6) is 1.20. The SMILES string of the molecule is OC1CCCC1C1CCCCN1Cc1ncon1. The molecular weight excluding hydrogens is 230 g/mol. The van der Waals surface area contributed by atoms with Gasteiger partial charge in [0.05, 0.1) is 12.6 Å². The Kier molecular flexibility index (Phi) is 3.61. The third kappa shape index (κ3) is 2.42. The van der Waals surface area contributed by atoms with Crippen molar-refractivity contribution in [2.24, 2.45) is 5.92 Å². The molecule has 5 heteroatoms. The van der Waals surface area contributed by atoms with E-state index in [1.54, 1.807) is 0 Å². The van der Waals surface area contributed by atoms with Gasteiger partial charge < -0.3 is 9.63 Å². The van der Waals surface area contributed by atoms with E-state index in [9.17, 15) is 5.11 Å². The zero-order valence-corrected chi connectivity index (χ0v) is 10.7. The quantitative estimate of drug-likeness (QED) is 0.883. The first kappa shape index (κ1) is 12.1. The van der Waals surface area contributed by atoms with E-state index in [2.05, 4.69) is 15.0 Å². The monoisotopic (exact) mass is 251 g/mol. The number of nitrogens with zero attached hydrogens (tertiary/aromatic N) is 3. The van der Waals surface area contributed by atoms with Crippen LogP contribution in [0.15, 0.2) is 10.9 Å². The summed E-state index contributed by atoms with van der Waals surface area (Å²) in [6.07, 6.45) is 8.27. The Labute approximate surface area is 107 Å². The number of piperidine rings is 1. The molecule has 1 aliphatic carbocycles. The molecular formula is C13H21N3O2. The summed E-state index contributed by atoms with van der Waals surface area (Å²) in [6.45, 7) is 1.84. The molecule has 2 aliphatic rings. The van der Waals surface area contributed by atoms with Crippen LogP contribution in [0.1, 0.15) is 44.3 Å². The molecule has 0 aromatic carbocycles. The fraction of sp³-hybridized carbons (Fsp3) is 0.846. The number of aliphatic hydroxyl groups is 1. The lowest BCUT2D eigenvalue weighted by Crippen LogP contribution is -2.46. The van der Waals surface area contributed by atoms with Gasteiger partial charge in [0.2, 0.25) is 6.39 Å². The molecule has 1 saturated heterocycles.